The maximum absolute atomic E-state index is 5.85. The molecule has 0 aliphatic carbocycles. The lowest BCUT2D eigenvalue weighted by Crippen LogP contribution is -2.46. The summed E-state index contributed by atoms with van der Waals surface area (Å²) in [6.45, 7) is 10.3. The zero-order valence-electron chi connectivity index (χ0n) is 13.0. The lowest BCUT2D eigenvalue weighted by Gasteiger charge is -2.29. The summed E-state index contributed by atoms with van der Waals surface area (Å²) in [6.07, 6.45) is 3.39. The van der Waals surface area contributed by atoms with Gasteiger partial charge in [-0.1, -0.05) is 34.1 Å². The fourth-order valence-corrected chi connectivity index (χ4v) is 3.87. The van der Waals surface area contributed by atoms with Gasteiger partial charge in [0.1, 0.15) is 0 Å². The van der Waals surface area contributed by atoms with E-state index in [1.807, 2.05) is 0 Å². The van der Waals surface area contributed by atoms with Gasteiger partial charge in [0.2, 0.25) is 0 Å². The Morgan fingerprint density at radius 3 is 2.17 bits per heavy atom. The molecular formula is C13H31NO3Si. The Bertz CT molecular complexity index is 203. The van der Waals surface area contributed by atoms with Crippen molar-refractivity contribution in [1.82, 2.24) is 5.32 Å². The van der Waals surface area contributed by atoms with E-state index in [1.165, 1.54) is 12.8 Å². The predicted molar refractivity (Wildman–Crippen MR) is 77.5 cm³/mol. The standard InChI is InChI=1S/C13H31NO3Si/c1-7-8-10-14-12-17-18(15-5,16-6)11-9-13(2,3)4/h14H,7-12H2,1-6H3. The lowest BCUT2D eigenvalue weighted by molar-refractivity contribution is 0.0866. The minimum Gasteiger partial charge on any atom is -0.377 e. The summed E-state index contributed by atoms with van der Waals surface area (Å²) in [5.74, 6) is 0. The van der Waals surface area contributed by atoms with Crippen LogP contribution < -0.4 is 5.32 Å². The Labute approximate surface area is 114 Å². The van der Waals surface area contributed by atoms with E-state index in [0.717, 1.165) is 19.0 Å². The molecule has 0 aromatic carbocycles. The minimum atomic E-state index is -2.48. The van der Waals surface area contributed by atoms with Crippen molar-refractivity contribution in [3.63, 3.8) is 0 Å². The third-order valence-electron chi connectivity index (χ3n) is 2.90. The normalized spacial score (nSPS) is 13.0. The molecule has 110 valence electrons. The first-order valence-electron chi connectivity index (χ1n) is 6.84. The first-order valence-corrected chi connectivity index (χ1v) is 8.77. The van der Waals surface area contributed by atoms with Crippen molar-refractivity contribution in [2.75, 3.05) is 27.5 Å². The molecule has 0 radical (unpaired) electrons. The molecule has 0 aliphatic rings. The third-order valence-corrected chi connectivity index (χ3v) is 5.59. The van der Waals surface area contributed by atoms with Crippen LogP contribution in [0.2, 0.25) is 6.04 Å². The molecule has 1 N–H and O–H groups in total. The summed E-state index contributed by atoms with van der Waals surface area (Å²) in [5, 5.41) is 3.26. The van der Waals surface area contributed by atoms with Crippen molar-refractivity contribution in [3.05, 3.63) is 0 Å². The second-order valence-corrected chi connectivity index (χ2v) is 8.77. The van der Waals surface area contributed by atoms with Crippen LogP contribution in [0.15, 0.2) is 0 Å². The fraction of sp³-hybridized carbons (Fsp3) is 1.00. The van der Waals surface area contributed by atoms with Gasteiger partial charge in [0.15, 0.2) is 0 Å². The van der Waals surface area contributed by atoms with E-state index in [0.29, 0.717) is 6.73 Å². The average Bonchev–Trinajstić information content (AvgIpc) is 2.32. The molecule has 0 aromatic rings. The van der Waals surface area contributed by atoms with Crippen molar-refractivity contribution in [2.24, 2.45) is 5.41 Å². The molecule has 0 rings (SSSR count). The summed E-state index contributed by atoms with van der Waals surface area (Å²) in [7, 11) is 0.894. The smallest absolute Gasteiger partial charge is 0.377 e. The molecule has 4 nitrogen and oxygen atoms in total. The van der Waals surface area contributed by atoms with E-state index in [9.17, 15) is 0 Å². The van der Waals surface area contributed by atoms with Crippen LogP contribution in [0.4, 0.5) is 0 Å². The van der Waals surface area contributed by atoms with E-state index in [2.05, 4.69) is 33.0 Å². The largest absolute Gasteiger partial charge is 0.501 e. The van der Waals surface area contributed by atoms with Crippen molar-refractivity contribution < 1.29 is 13.3 Å². The van der Waals surface area contributed by atoms with Gasteiger partial charge in [-0.15, -0.1) is 0 Å². The van der Waals surface area contributed by atoms with E-state index >= 15 is 0 Å². The molecule has 0 spiro atoms. The van der Waals surface area contributed by atoms with Crippen molar-refractivity contribution in [1.29, 1.82) is 0 Å². The minimum absolute atomic E-state index is 0.272. The quantitative estimate of drug-likeness (QED) is 0.378. The highest BCUT2D eigenvalue weighted by Gasteiger charge is 2.39. The number of rotatable bonds is 10. The van der Waals surface area contributed by atoms with E-state index < -0.39 is 8.80 Å². The molecule has 5 heteroatoms. The molecule has 0 atom stereocenters. The summed E-state index contributed by atoms with van der Waals surface area (Å²) in [5.41, 5.74) is 0.272. The van der Waals surface area contributed by atoms with E-state index in [1.54, 1.807) is 14.2 Å². The second-order valence-electron chi connectivity index (χ2n) is 5.79. The monoisotopic (exact) mass is 277 g/mol. The Balaban J connectivity index is 4.09. The third kappa shape index (κ3) is 8.21. The first-order chi connectivity index (χ1) is 8.39. The van der Waals surface area contributed by atoms with E-state index in [-0.39, 0.29) is 5.41 Å². The van der Waals surface area contributed by atoms with Crippen molar-refractivity contribution in [2.45, 2.75) is 53.0 Å². The van der Waals surface area contributed by atoms with Crippen LogP contribution in [0.5, 0.6) is 0 Å². The van der Waals surface area contributed by atoms with Gasteiger partial charge in [-0.3, -0.25) is 5.32 Å². The molecule has 0 heterocycles. The van der Waals surface area contributed by atoms with Gasteiger partial charge in [-0.05, 0) is 24.8 Å². The average molecular weight is 277 g/mol. The Morgan fingerprint density at radius 2 is 1.72 bits per heavy atom. The molecule has 0 saturated carbocycles. The topological polar surface area (TPSA) is 39.7 Å². The van der Waals surface area contributed by atoms with Gasteiger partial charge in [-0.2, -0.15) is 0 Å². The van der Waals surface area contributed by atoms with Crippen LogP contribution >= 0.6 is 0 Å². The number of hydrogen-bond acceptors (Lipinski definition) is 4. The Hall–Kier alpha value is 0.0569. The van der Waals surface area contributed by atoms with Gasteiger partial charge >= 0.3 is 8.80 Å². The summed E-state index contributed by atoms with van der Waals surface area (Å²) in [4.78, 5) is 0. The molecule has 0 amide bonds. The zero-order valence-corrected chi connectivity index (χ0v) is 14.0. The number of nitrogens with one attached hydrogen (secondary N) is 1. The molecule has 0 fully saturated rings. The molecule has 0 aliphatic heterocycles. The van der Waals surface area contributed by atoms with Crippen LogP contribution in [0.25, 0.3) is 0 Å². The first kappa shape index (κ1) is 18.1. The predicted octanol–water partition coefficient (Wildman–Crippen LogP) is 3.02. The fourth-order valence-electron chi connectivity index (χ4n) is 1.54. The number of hydrogen-bond donors (Lipinski definition) is 1. The second kappa shape index (κ2) is 9.04. The Kier molecular flexibility index (Phi) is 9.07. The number of unbranched alkanes of at least 4 members (excludes halogenated alkanes) is 1. The van der Waals surface area contributed by atoms with Crippen molar-refractivity contribution in [3.8, 4) is 0 Å². The Morgan fingerprint density at radius 1 is 1.11 bits per heavy atom. The molecule has 18 heavy (non-hydrogen) atoms. The zero-order chi connectivity index (χ0) is 14.1. The molecular weight excluding hydrogens is 246 g/mol. The molecule has 0 aromatic heterocycles. The van der Waals surface area contributed by atoms with Gasteiger partial charge in [0, 0.05) is 20.3 Å². The van der Waals surface area contributed by atoms with Crippen LogP contribution in [0.3, 0.4) is 0 Å². The summed E-state index contributed by atoms with van der Waals surface area (Å²) in [6, 6.07) is 0.860. The van der Waals surface area contributed by atoms with Gasteiger partial charge < -0.3 is 13.3 Å². The highest BCUT2D eigenvalue weighted by atomic mass is 28.4. The van der Waals surface area contributed by atoms with E-state index in [4.69, 9.17) is 13.3 Å². The van der Waals surface area contributed by atoms with Gasteiger partial charge in [0.25, 0.3) is 0 Å². The maximum Gasteiger partial charge on any atom is 0.501 e. The molecule has 0 saturated heterocycles. The highest BCUT2D eigenvalue weighted by molar-refractivity contribution is 6.60. The summed E-state index contributed by atoms with van der Waals surface area (Å²) >= 11 is 0. The lowest BCUT2D eigenvalue weighted by atomic mass is 9.94. The molecule has 0 unspecified atom stereocenters. The maximum atomic E-state index is 5.85. The highest BCUT2D eigenvalue weighted by Crippen LogP contribution is 2.26. The molecule has 0 bridgehead atoms. The summed E-state index contributed by atoms with van der Waals surface area (Å²) < 4.78 is 16.9. The SMILES string of the molecule is CCCCNCO[Si](CCC(C)(C)C)(OC)OC. The van der Waals surface area contributed by atoms with Gasteiger partial charge in [0.05, 0.1) is 6.73 Å². The van der Waals surface area contributed by atoms with Gasteiger partial charge in [-0.25, -0.2) is 0 Å². The van der Waals surface area contributed by atoms with Crippen LogP contribution in [-0.4, -0.2) is 36.3 Å². The van der Waals surface area contributed by atoms with Crippen molar-refractivity contribution >= 4 is 8.80 Å². The van der Waals surface area contributed by atoms with Crippen LogP contribution in [0.1, 0.15) is 47.0 Å². The van der Waals surface area contributed by atoms with Crippen LogP contribution in [-0.2, 0) is 13.3 Å². The van der Waals surface area contributed by atoms with Crippen LogP contribution in [0, 0.1) is 5.41 Å².